The molecule has 0 fully saturated rings. The highest BCUT2D eigenvalue weighted by Crippen LogP contribution is 2.35. The lowest BCUT2D eigenvalue weighted by Crippen LogP contribution is -2.24. The van der Waals surface area contributed by atoms with Crippen molar-refractivity contribution in [2.75, 3.05) is 19.0 Å². The predicted molar refractivity (Wildman–Crippen MR) is 106 cm³/mol. The molecule has 7 nitrogen and oxygen atoms in total. The van der Waals surface area contributed by atoms with Gasteiger partial charge in [0.1, 0.15) is 19.0 Å². The van der Waals surface area contributed by atoms with Crippen LogP contribution in [0.15, 0.2) is 52.4 Å². The highest BCUT2D eigenvalue weighted by molar-refractivity contribution is 7.99. The number of aromatic nitrogens is 2. The lowest BCUT2D eigenvalue weighted by Gasteiger charge is -2.19. The maximum absolute atomic E-state index is 12.1. The second-order valence-electron chi connectivity index (χ2n) is 6.17. The molecule has 1 amide bonds. The number of amides is 1. The molecule has 8 heteroatoms. The first kappa shape index (κ1) is 18.5. The first-order valence-electron chi connectivity index (χ1n) is 9.12. The molecule has 2 aromatic heterocycles. The standard InChI is InChI=1S/C20H21N3O4S/c1-2-23-16(14-5-6-17-18(10-14)27-9-8-26-17)12-22-20(23)28-13-19(24)21-11-15-4-3-7-25-15/h3-7,10,12H,2,8-9,11,13H2,1H3,(H,21,24). The van der Waals surface area contributed by atoms with Crippen LogP contribution in [-0.4, -0.2) is 34.4 Å². The Morgan fingerprint density at radius 3 is 2.89 bits per heavy atom. The Balaban J connectivity index is 1.43. The smallest absolute Gasteiger partial charge is 0.230 e. The summed E-state index contributed by atoms with van der Waals surface area (Å²) in [5.41, 5.74) is 1.99. The highest BCUT2D eigenvalue weighted by Gasteiger charge is 2.17. The van der Waals surface area contributed by atoms with E-state index in [1.54, 1.807) is 12.3 Å². The van der Waals surface area contributed by atoms with Gasteiger partial charge in [-0.2, -0.15) is 0 Å². The largest absolute Gasteiger partial charge is 0.486 e. The minimum absolute atomic E-state index is 0.0621. The zero-order valence-corrected chi connectivity index (χ0v) is 16.3. The Labute approximate surface area is 167 Å². The number of thioether (sulfide) groups is 1. The van der Waals surface area contributed by atoms with Crippen molar-refractivity contribution in [2.24, 2.45) is 0 Å². The van der Waals surface area contributed by atoms with Crippen molar-refractivity contribution in [3.05, 3.63) is 48.6 Å². The number of hydrogen-bond acceptors (Lipinski definition) is 6. The van der Waals surface area contributed by atoms with Gasteiger partial charge in [-0.1, -0.05) is 11.8 Å². The molecule has 1 aliphatic heterocycles. The number of benzene rings is 1. The van der Waals surface area contributed by atoms with E-state index in [9.17, 15) is 4.79 Å². The molecule has 4 rings (SSSR count). The maximum atomic E-state index is 12.1. The molecular weight excluding hydrogens is 378 g/mol. The molecule has 0 unspecified atom stereocenters. The molecule has 3 heterocycles. The fraction of sp³-hybridized carbons (Fsp3) is 0.300. The Morgan fingerprint density at radius 2 is 2.11 bits per heavy atom. The molecule has 0 bridgehead atoms. The molecule has 28 heavy (non-hydrogen) atoms. The summed E-state index contributed by atoms with van der Waals surface area (Å²) in [5, 5.41) is 3.65. The number of furan rings is 1. The molecule has 146 valence electrons. The molecule has 3 aromatic rings. The van der Waals surface area contributed by atoms with Crippen LogP contribution in [0.2, 0.25) is 0 Å². The quantitative estimate of drug-likeness (QED) is 0.614. The van der Waals surface area contributed by atoms with Crippen molar-refractivity contribution in [1.29, 1.82) is 0 Å². The topological polar surface area (TPSA) is 78.5 Å². The summed E-state index contributed by atoms with van der Waals surface area (Å²) >= 11 is 1.41. The number of carbonyl (C=O) groups is 1. The third kappa shape index (κ3) is 4.01. The number of carbonyl (C=O) groups excluding carboxylic acids is 1. The van der Waals surface area contributed by atoms with Crippen LogP contribution < -0.4 is 14.8 Å². The van der Waals surface area contributed by atoms with Crippen molar-refractivity contribution in [1.82, 2.24) is 14.9 Å². The van der Waals surface area contributed by atoms with E-state index in [2.05, 4.69) is 21.8 Å². The molecule has 0 saturated heterocycles. The van der Waals surface area contributed by atoms with Gasteiger partial charge in [-0.05, 0) is 37.3 Å². The fourth-order valence-electron chi connectivity index (χ4n) is 2.99. The molecular formula is C20H21N3O4S. The number of imidazole rings is 1. The number of nitrogens with zero attached hydrogens (tertiary/aromatic N) is 2. The van der Waals surface area contributed by atoms with E-state index in [4.69, 9.17) is 13.9 Å². The third-order valence-corrected chi connectivity index (χ3v) is 5.34. The highest BCUT2D eigenvalue weighted by atomic mass is 32.2. The summed E-state index contributed by atoms with van der Waals surface area (Å²) in [5.74, 6) is 2.47. The van der Waals surface area contributed by atoms with Gasteiger partial charge in [-0.25, -0.2) is 4.98 Å². The van der Waals surface area contributed by atoms with Crippen LogP contribution in [0.25, 0.3) is 11.3 Å². The molecule has 1 aromatic carbocycles. The first-order valence-corrected chi connectivity index (χ1v) is 10.1. The molecule has 0 aliphatic carbocycles. The molecule has 0 saturated carbocycles. The van der Waals surface area contributed by atoms with Gasteiger partial charge in [0, 0.05) is 12.1 Å². The van der Waals surface area contributed by atoms with Crippen LogP contribution in [0.3, 0.4) is 0 Å². The zero-order chi connectivity index (χ0) is 19.3. The van der Waals surface area contributed by atoms with Crippen LogP contribution in [-0.2, 0) is 17.9 Å². The Morgan fingerprint density at radius 1 is 1.25 bits per heavy atom. The van der Waals surface area contributed by atoms with Crippen molar-refractivity contribution in [2.45, 2.75) is 25.2 Å². The van der Waals surface area contributed by atoms with Crippen molar-refractivity contribution < 1.29 is 18.7 Å². The van der Waals surface area contributed by atoms with Gasteiger partial charge in [0.15, 0.2) is 16.7 Å². The Kier molecular flexibility index (Phi) is 5.57. The molecule has 0 spiro atoms. The summed E-state index contributed by atoms with van der Waals surface area (Å²) in [6.45, 7) is 4.32. The van der Waals surface area contributed by atoms with E-state index >= 15 is 0 Å². The van der Waals surface area contributed by atoms with E-state index in [-0.39, 0.29) is 11.7 Å². The molecule has 0 radical (unpaired) electrons. The van der Waals surface area contributed by atoms with Gasteiger partial charge in [0.2, 0.25) is 5.91 Å². The lowest BCUT2D eigenvalue weighted by atomic mass is 10.1. The monoisotopic (exact) mass is 399 g/mol. The normalized spacial score (nSPS) is 12.8. The Hall–Kier alpha value is -2.87. The zero-order valence-electron chi connectivity index (χ0n) is 15.5. The molecule has 1 aliphatic rings. The van der Waals surface area contributed by atoms with Gasteiger partial charge in [0.25, 0.3) is 0 Å². The van der Waals surface area contributed by atoms with E-state index in [0.29, 0.717) is 19.8 Å². The second kappa shape index (κ2) is 8.43. The van der Waals surface area contributed by atoms with Crippen LogP contribution in [0, 0.1) is 0 Å². The fourth-order valence-corrected chi connectivity index (χ4v) is 3.87. The van der Waals surface area contributed by atoms with E-state index in [1.807, 2.05) is 30.5 Å². The van der Waals surface area contributed by atoms with Crippen LogP contribution >= 0.6 is 11.8 Å². The lowest BCUT2D eigenvalue weighted by molar-refractivity contribution is -0.118. The van der Waals surface area contributed by atoms with E-state index in [0.717, 1.165) is 40.2 Å². The number of hydrogen-bond donors (Lipinski definition) is 1. The predicted octanol–water partition coefficient (Wildman–Crippen LogP) is 3.34. The summed E-state index contributed by atoms with van der Waals surface area (Å²) in [6.07, 6.45) is 3.42. The summed E-state index contributed by atoms with van der Waals surface area (Å²) in [6, 6.07) is 9.53. The summed E-state index contributed by atoms with van der Waals surface area (Å²) in [7, 11) is 0. The van der Waals surface area contributed by atoms with Crippen molar-refractivity contribution >= 4 is 17.7 Å². The Bertz CT molecular complexity index is 953. The number of fused-ring (bicyclic) bond motifs is 1. The first-order chi connectivity index (χ1) is 13.7. The third-order valence-electron chi connectivity index (χ3n) is 4.35. The van der Waals surface area contributed by atoms with Crippen LogP contribution in [0.1, 0.15) is 12.7 Å². The van der Waals surface area contributed by atoms with Gasteiger partial charge < -0.3 is 23.8 Å². The minimum atomic E-state index is -0.0621. The van der Waals surface area contributed by atoms with E-state index < -0.39 is 0 Å². The summed E-state index contributed by atoms with van der Waals surface area (Å²) < 4.78 is 18.6. The van der Waals surface area contributed by atoms with Crippen molar-refractivity contribution in [3.63, 3.8) is 0 Å². The van der Waals surface area contributed by atoms with Gasteiger partial charge in [0.05, 0.1) is 30.5 Å². The maximum Gasteiger partial charge on any atom is 0.230 e. The second-order valence-corrected chi connectivity index (χ2v) is 7.12. The summed E-state index contributed by atoms with van der Waals surface area (Å²) in [4.78, 5) is 16.6. The average molecular weight is 399 g/mol. The van der Waals surface area contributed by atoms with Crippen LogP contribution in [0.4, 0.5) is 0 Å². The number of rotatable bonds is 7. The van der Waals surface area contributed by atoms with Crippen molar-refractivity contribution in [3.8, 4) is 22.8 Å². The number of ether oxygens (including phenoxy) is 2. The van der Waals surface area contributed by atoms with Gasteiger partial charge in [-0.3, -0.25) is 4.79 Å². The van der Waals surface area contributed by atoms with Crippen LogP contribution in [0.5, 0.6) is 11.5 Å². The number of nitrogens with one attached hydrogen (secondary N) is 1. The minimum Gasteiger partial charge on any atom is -0.486 e. The molecule has 1 N–H and O–H groups in total. The van der Waals surface area contributed by atoms with E-state index in [1.165, 1.54) is 11.8 Å². The van der Waals surface area contributed by atoms with Gasteiger partial charge in [-0.15, -0.1) is 0 Å². The molecule has 0 atom stereocenters. The van der Waals surface area contributed by atoms with Gasteiger partial charge >= 0.3 is 0 Å². The SMILES string of the molecule is CCn1c(-c2ccc3c(c2)OCCO3)cnc1SCC(=O)NCc1ccco1. The average Bonchev–Trinajstić information content (AvgIpc) is 3.39.